The van der Waals surface area contributed by atoms with Crippen molar-refractivity contribution >= 4 is 0 Å². The lowest BCUT2D eigenvalue weighted by Crippen LogP contribution is -2.49. The van der Waals surface area contributed by atoms with Gasteiger partial charge in [-0.25, -0.2) is 0 Å². The molecule has 0 aliphatic heterocycles. The van der Waals surface area contributed by atoms with Crippen molar-refractivity contribution in [2.24, 2.45) is 17.6 Å². The normalized spacial score (nSPS) is 12.3. The minimum atomic E-state index is -0.0715. The van der Waals surface area contributed by atoms with Crippen LogP contribution in [-0.2, 0) is 0 Å². The van der Waals surface area contributed by atoms with Crippen molar-refractivity contribution in [3.05, 3.63) is 71.8 Å². The highest BCUT2D eigenvalue weighted by atomic mass is 14.8. The Balaban J connectivity index is 2.13. The molecule has 0 saturated carbocycles. The number of benzene rings is 2. The largest absolute Gasteiger partial charge is 0.325 e. The van der Waals surface area contributed by atoms with Crippen molar-refractivity contribution in [2.45, 2.75) is 58.4 Å². The molecule has 0 spiro atoms. The van der Waals surface area contributed by atoms with Crippen molar-refractivity contribution in [2.75, 3.05) is 0 Å². The van der Waals surface area contributed by atoms with Crippen molar-refractivity contribution in [1.29, 1.82) is 0 Å². The predicted octanol–water partition coefficient (Wildman–Crippen LogP) is 6.00. The lowest BCUT2D eigenvalue weighted by atomic mass is 9.73. The van der Waals surface area contributed by atoms with E-state index in [1.165, 1.54) is 11.1 Å². The van der Waals surface area contributed by atoms with Gasteiger partial charge >= 0.3 is 0 Å². The van der Waals surface area contributed by atoms with E-state index in [0.717, 1.165) is 19.3 Å². The monoisotopic (exact) mass is 323 g/mol. The summed E-state index contributed by atoms with van der Waals surface area (Å²) in [6.07, 6.45) is 3.38. The lowest BCUT2D eigenvalue weighted by Gasteiger charge is -2.38. The fourth-order valence-electron chi connectivity index (χ4n) is 3.75. The van der Waals surface area contributed by atoms with Crippen LogP contribution in [0.3, 0.4) is 0 Å². The molecular weight excluding hydrogens is 290 g/mol. The molecule has 0 atom stereocenters. The molecule has 0 aliphatic rings. The van der Waals surface area contributed by atoms with Gasteiger partial charge in [-0.3, -0.25) is 0 Å². The van der Waals surface area contributed by atoms with Crippen LogP contribution in [0, 0.1) is 11.8 Å². The summed E-state index contributed by atoms with van der Waals surface area (Å²) in [5.74, 6) is 1.46. The molecule has 0 saturated heterocycles. The summed E-state index contributed by atoms with van der Waals surface area (Å²) < 4.78 is 0. The fourth-order valence-corrected chi connectivity index (χ4v) is 3.75. The quantitative estimate of drug-likeness (QED) is 0.633. The first kappa shape index (κ1) is 18.7. The first-order valence-electron chi connectivity index (χ1n) is 9.34. The molecular formula is C23H33N. The zero-order chi connectivity index (χ0) is 17.6. The van der Waals surface area contributed by atoms with Gasteiger partial charge < -0.3 is 5.73 Å². The molecule has 130 valence electrons. The smallest absolute Gasteiger partial charge is 0.0200 e. The third kappa shape index (κ3) is 4.48. The van der Waals surface area contributed by atoms with Crippen LogP contribution in [0.15, 0.2) is 60.7 Å². The highest BCUT2D eigenvalue weighted by Crippen LogP contribution is 2.34. The second-order valence-corrected chi connectivity index (χ2v) is 7.69. The van der Waals surface area contributed by atoms with Crippen LogP contribution in [0.5, 0.6) is 0 Å². The van der Waals surface area contributed by atoms with Gasteiger partial charge in [0, 0.05) is 11.5 Å². The lowest BCUT2D eigenvalue weighted by molar-refractivity contribution is 0.201. The van der Waals surface area contributed by atoms with Crippen LogP contribution in [0.4, 0.5) is 0 Å². The SMILES string of the molecule is CC(C)C(N)(CCCC(c1ccccc1)c1ccccc1)C(C)C. The molecule has 2 aromatic carbocycles. The van der Waals surface area contributed by atoms with Crippen molar-refractivity contribution in [1.82, 2.24) is 0 Å². The topological polar surface area (TPSA) is 26.0 Å². The summed E-state index contributed by atoms with van der Waals surface area (Å²) in [5.41, 5.74) is 9.48. The maximum Gasteiger partial charge on any atom is 0.0200 e. The molecule has 24 heavy (non-hydrogen) atoms. The Hall–Kier alpha value is -1.60. The van der Waals surface area contributed by atoms with Gasteiger partial charge in [-0.05, 0) is 35.8 Å². The summed E-state index contributed by atoms with van der Waals surface area (Å²) >= 11 is 0. The van der Waals surface area contributed by atoms with E-state index in [2.05, 4.69) is 88.4 Å². The molecule has 0 aliphatic carbocycles. The Kier molecular flexibility index (Phi) is 6.62. The predicted molar refractivity (Wildman–Crippen MR) is 105 cm³/mol. The maximum absolute atomic E-state index is 6.75. The first-order valence-corrected chi connectivity index (χ1v) is 9.34. The third-order valence-corrected chi connectivity index (χ3v) is 5.66. The molecule has 0 fully saturated rings. The highest BCUT2D eigenvalue weighted by molar-refractivity contribution is 5.32. The van der Waals surface area contributed by atoms with E-state index in [1.807, 2.05) is 0 Å². The van der Waals surface area contributed by atoms with E-state index < -0.39 is 0 Å². The van der Waals surface area contributed by atoms with Gasteiger partial charge in [-0.2, -0.15) is 0 Å². The van der Waals surface area contributed by atoms with Crippen LogP contribution in [0.25, 0.3) is 0 Å². The summed E-state index contributed by atoms with van der Waals surface area (Å²) in [7, 11) is 0. The summed E-state index contributed by atoms with van der Waals surface area (Å²) in [6, 6.07) is 21.7. The molecule has 0 radical (unpaired) electrons. The zero-order valence-electron chi connectivity index (χ0n) is 15.7. The molecule has 0 aromatic heterocycles. The maximum atomic E-state index is 6.75. The van der Waals surface area contributed by atoms with Crippen LogP contribution in [-0.4, -0.2) is 5.54 Å². The highest BCUT2D eigenvalue weighted by Gasteiger charge is 2.32. The molecule has 0 heterocycles. The molecule has 1 heteroatoms. The van der Waals surface area contributed by atoms with Crippen molar-refractivity contribution < 1.29 is 0 Å². The van der Waals surface area contributed by atoms with E-state index >= 15 is 0 Å². The first-order chi connectivity index (χ1) is 11.4. The third-order valence-electron chi connectivity index (χ3n) is 5.66. The van der Waals surface area contributed by atoms with Gasteiger partial charge in [0.05, 0.1) is 0 Å². The average molecular weight is 324 g/mol. The van der Waals surface area contributed by atoms with Gasteiger partial charge in [0.15, 0.2) is 0 Å². The van der Waals surface area contributed by atoms with Crippen molar-refractivity contribution in [3.8, 4) is 0 Å². The standard InChI is InChI=1S/C23H33N/c1-18(2)23(24,19(3)4)17-11-16-22(20-12-7-5-8-13-20)21-14-9-6-10-15-21/h5-10,12-15,18-19,22H,11,16-17,24H2,1-4H3. The molecule has 0 unspecified atom stereocenters. The van der Waals surface area contributed by atoms with E-state index in [0.29, 0.717) is 17.8 Å². The number of hydrogen-bond acceptors (Lipinski definition) is 1. The summed E-state index contributed by atoms with van der Waals surface area (Å²) in [4.78, 5) is 0. The Morgan fingerprint density at radius 1 is 0.750 bits per heavy atom. The Bertz CT molecular complexity index is 538. The minimum Gasteiger partial charge on any atom is -0.325 e. The van der Waals surface area contributed by atoms with Gasteiger partial charge in [0.1, 0.15) is 0 Å². The Morgan fingerprint density at radius 3 is 1.54 bits per heavy atom. The van der Waals surface area contributed by atoms with Crippen LogP contribution < -0.4 is 5.73 Å². The second-order valence-electron chi connectivity index (χ2n) is 7.69. The number of nitrogens with two attached hydrogens (primary N) is 1. The van der Waals surface area contributed by atoms with Crippen molar-refractivity contribution in [3.63, 3.8) is 0 Å². The Morgan fingerprint density at radius 2 is 1.17 bits per heavy atom. The van der Waals surface area contributed by atoms with E-state index in [1.54, 1.807) is 0 Å². The van der Waals surface area contributed by atoms with E-state index in [9.17, 15) is 0 Å². The molecule has 2 N–H and O–H groups in total. The van der Waals surface area contributed by atoms with Gasteiger partial charge in [-0.1, -0.05) is 94.8 Å². The second kappa shape index (κ2) is 8.48. The average Bonchev–Trinajstić information content (AvgIpc) is 2.59. The molecule has 1 nitrogen and oxygen atoms in total. The molecule has 2 rings (SSSR count). The van der Waals surface area contributed by atoms with Gasteiger partial charge in [-0.15, -0.1) is 0 Å². The minimum absolute atomic E-state index is 0.0715. The van der Waals surface area contributed by atoms with Crippen LogP contribution in [0.1, 0.15) is 64.0 Å². The van der Waals surface area contributed by atoms with Gasteiger partial charge in [0.2, 0.25) is 0 Å². The summed E-state index contributed by atoms with van der Waals surface area (Å²) in [6.45, 7) is 9.02. The molecule has 0 bridgehead atoms. The van der Waals surface area contributed by atoms with Gasteiger partial charge in [0.25, 0.3) is 0 Å². The van der Waals surface area contributed by atoms with E-state index in [-0.39, 0.29) is 5.54 Å². The fraction of sp³-hybridized carbons (Fsp3) is 0.478. The molecule has 2 aromatic rings. The Labute approximate surface area is 148 Å². The zero-order valence-corrected chi connectivity index (χ0v) is 15.7. The van der Waals surface area contributed by atoms with E-state index in [4.69, 9.17) is 5.73 Å². The number of rotatable bonds is 8. The number of hydrogen-bond donors (Lipinski definition) is 1. The molecule has 0 amide bonds. The summed E-state index contributed by atoms with van der Waals surface area (Å²) in [5, 5.41) is 0. The van der Waals surface area contributed by atoms with Crippen LogP contribution >= 0.6 is 0 Å². The van der Waals surface area contributed by atoms with Crippen LogP contribution in [0.2, 0.25) is 0 Å².